The summed E-state index contributed by atoms with van der Waals surface area (Å²) in [5.74, 6) is 0. The highest BCUT2D eigenvalue weighted by Crippen LogP contribution is 2.07. The Kier molecular flexibility index (Phi) is 1.69. The standard InChI is InChI=1S/C4H4ClN3O/c5-3-1-6-8-4(3)2-7-9/h1-2,9H,(H,6,8). The molecule has 1 heterocycles. The number of oxime groups is 1. The molecule has 0 fully saturated rings. The number of nitrogens with one attached hydrogen (secondary N) is 1. The van der Waals surface area contributed by atoms with Gasteiger partial charge in [-0.2, -0.15) is 5.10 Å². The van der Waals surface area contributed by atoms with Gasteiger partial charge in [-0.1, -0.05) is 16.8 Å². The number of hydrogen-bond donors (Lipinski definition) is 2. The molecule has 0 radical (unpaired) electrons. The maximum absolute atomic E-state index is 8.03. The Hall–Kier alpha value is -1.03. The number of rotatable bonds is 1. The normalized spacial score (nSPS) is 10.8. The fraction of sp³-hybridized carbons (Fsp3) is 0. The first-order valence-corrected chi connectivity index (χ1v) is 2.58. The summed E-state index contributed by atoms with van der Waals surface area (Å²) in [5, 5.41) is 17.3. The quantitative estimate of drug-likeness (QED) is 0.350. The van der Waals surface area contributed by atoms with E-state index in [1.54, 1.807) is 0 Å². The molecule has 0 atom stereocenters. The van der Waals surface area contributed by atoms with Crippen LogP contribution >= 0.6 is 11.6 Å². The molecule has 1 aromatic heterocycles. The molecule has 0 bridgehead atoms. The molecule has 0 spiro atoms. The molecule has 1 rings (SSSR count). The summed E-state index contributed by atoms with van der Waals surface area (Å²) in [6.07, 6.45) is 2.61. The second-order valence-corrected chi connectivity index (χ2v) is 1.78. The summed E-state index contributed by atoms with van der Waals surface area (Å²) < 4.78 is 0. The Bertz CT molecular complexity index is 219. The van der Waals surface area contributed by atoms with E-state index in [0.717, 1.165) is 0 Å². The zero-order valence-electron chi connectivity index (χ0n) is 4.37. The molecule has 0 saturated heterocycles. The largest absolute Gasteiger partial charge is 0.411 e. The van der Waals surface area contributed by atoms with E-state index in [2.05, 4.69) is 15.4 Å². The number of nitrogens with zero attached hydrogens (tertiary/aromatic N) is 2. The van der Waals surface area contributed by atoms with Crippen molar-refractivity contribution in [3.8, 4) is 0 Å². The van der Waals surface area contributed by atoms with Crippen LogP contribution in [-0.2, 0) is 0 Å². The van der Waals surface area contributed by atoms with Gasteiger partial charge in [-0.25, -0.2) is 0 Å². The third-order valence-electron chi connectivity index (χ3n) is 0.807. The summed E-state index contributed by atoms with van der Waals surface area (Å²) in [6.45, 7) is 0. The van der Waals surface area contributed by atoms with E-state index in [1.807, 2.05) is 0 Å². The number of aromatic amines is 1. The minimum atomic E-state index is 0.438. The molecule has 9 heavy (non-hydrogen) atoms. The van der Waals surface area contributed by atoms with Crippen molar-refractivity contribution < 1.29 is 5.21 Å². The van der Waals surface area contributed by atoms with Crippen LogP contribution in [-0.4, -0.2) is 21.6 Å². The van der Waals surface area contributed by atoms with Gasteiger partial charge in [0.2, 0.25) is 0 Å². The average Bonchev–Trinajstić information content (AvgIpc) is 2.18. The molecule has 0 aliphatic carbocycles. The van der Waals surface area contributed by atoms with Crippen molar-refractivity contribution in [3.63, 3.8) is 0 Å². The van der Waals surface area contributed by atoms with E-state index in [1.165, 1.54) is 12.4 Å². The van der Waals surface area contributed by atoms with E-state index in [4.69, 9.17) is 16.8 Å². The van der Waals surface area contributed by atoms with Gasteiger partial charge in [0, 0.05) is 0 Å². The van der Waals surface area contributed by atoms with Crippen LogP contribution in [0.1, 0.15) is 5.69 Å². The maximum atomic E-state index is 8.03. The second-order valence-electron chi connectivity index (χ2n) is 1.38. The van der Waals surface area contributed by atoms with Gasteiger partial charge in [-0.3, -0.25) is 5.10 Å². The Labute approximate surface area is 56.1 Å². The van der Waals surface area contributed by atoms with Crippen molar-refractivity contribution in [2.45, 2.75) is 0 Å². The zero-order chi connectivity index (χ0) is 6.69. The number of aromatic nitrogens is 2. The first-order valence-electron chi connectivity index (χ1n) is 2.21. The van der Waals surface area contributed by atoms with E-state index in [9.17, 15) is 0 Å². The molecule has 2 N–H and O–H groups in total. The van der Waals surface area contributed by atoms with Gasteiger partial charge in [0.05, 0.1) is 23.1 Å². The molecule has 0 saturated carbocycles. The van der Waals surface area contributed by atoms with Crippen LogP contribution in [0.5, 0.6) is 0 Å². The molecule has 48 valence electrons. The van der Waals surface area contributed by atoms with Gasteiger partial charge < -0.3 is 5.21 Å². The fourth-order valence-electron chi connectivity index (χ4n) is 0.430. The monoisotopic (exact) mass is 145 g/mol. The van der Waals surface area contributed by atoms with E-state index < -0.39 is 0 Å². The SMILES string of the molecule is ON=Cc1[nH]ncc1Cl. The summed E-state index contributed by atoms with van der Waals surface area (Å²) >= 11 is 5.52. The van der Waals surface area contributed by atoms with Crippen molar-refractivity contribution in [3.05, 3.63) is 16.9 Å². The molecule has 0 aliphatic rings. The van der Waals surface area contributed by atoms with Gasteiger partial charge in [0.1, 0.15) is 0 Å². The van der Waals surface area contributed by atoms with E-state index in [-0.39, 0.29) is 0 Å². The first kappa shape index (κ1) is 6.10. The minimum absolute atomic E-state index is 0.438. The van der Waals surface area contributed by atoms with E-state index >= 15 is 0 Å². The second kappa shape index (κ2) is 2.50. The highest BCUT2D eigenvalue weighted by Gasteiger charge is 1.95. The van der Waals surface area contributed by atoms with Gasteiger partial charge in [0.25, 0.3) is 0 Å². The van der Waals surface area contributed by atoms with Crippen LogP contribution in [0.4, 0.5) is 0 Å². The molecular formula is C4H4ClN3O. The van der Waals surface area contributed by atoms with Crippen LogP contribution in [0.3, 0.4) is 0 Å². The van der Waals surface area contributed by atoms with Crippen molar-refractivity contribution in [1.82, 2.24) is 10.2 Å². The van der Waals surface area contributed by atoms with Crippen molar-refractivity contribution >= 4 is 17.8 Å². The lowest BCUT2D eigenvalue weighted by Gasteiger charge is -1.80. The summed E-state index contributed by atoms with van der Waals surface area (Å²) in [5.41, 5.74) is 0.499. The maximum Gasteiger partial charge on any atom is 0.0980 e. The lowest BCUT2D eigenvalue weighted by Crippen LogP contribution is -1.80. The van der Waals surface area contributed by atoms with Gasteiger partial charge in [-0.15, -0.1) is 0 Å². The van der Waals surface area contributed by atoms with Crippen LogP contribution in [0.15, 0.2) is 11.4 Å². The number of halogens is 1. The van der Waals surface area contributed by atoms with Gasteiger partial charge in [-0.05, 0) is 0 Å². The predicted molar refractivity (Wildman–Crippen MR) is 33.0 cm³/mol. The molecule has 0 unspecified atom stereocenters. The number of hydrogen-bond acceptors (Lipinski definition) is 3. The molecule has 5 heteroatoms. The van der Waals surface area contributed by atoms with Crippen molar-refractivity contribution in [2.24, 2.45) is 5.16 Å². The Balaban J connectivity index is 2.94. The molecule has 0 aliphatic heterocycles. The summed E-state index contributed by atoms with van der Waals surface area (Å²) in [4.78, 5) is 0. The smallest absolute Gasteiger partial charge is 0.0980 e. The molecule has 0 amide bonds. The average molecular weight is 146 g/mol. The Morgan fingerprint density at radius 3 is 3.11 bits per heavy atom. The molecule has 1 aromatic rings. The Morgan fingerprint density at radius 1 is 1.89 bits per heavy atom. The molecular weight excluding hydrogens is 142 g/mol. The van der Waals surface area contributed by atoms with Gasteiger partial charge >= 0.3 is 0 Å². The highest BCUT2D eigenvalue weighted by atomic mass is 35.5. The lowest BCUT2D eigenvalue weighted by atomic mass is 10.5. The van der Waals surface area contributed by atoms with Gasteiger partial charge in [0.15, 0.2) is 0 Å². The first-order chi connectivity index (χ1) is 4.34. The summed E-state index contributed by atoms with van der Waals surface area (Å²) in [6, 6.07) is 0. The summed E-state index contributed by atoms with van der Waals surface area (Å²) in [7, 11) is 0. The van der Waals surface area contributed by atoms with Crippen LogP contribution in [0, 0.1) is 0 Å². The topological polar surface area (TPSA) is 61.3 Å². The predicted octanol–water partition coefficient (Wildman–Crippen LogP) is 0.871. The van der Waals surface area contributed by atoms with E-state index in [0.29, 0.717) is 10.7 Å². The fourth-order valence-corrected chi connectivity index (χ4v) is 0.570. The third kappa shape index (κ3) is 1.20. The van der Waals surface area contributed by atoms with Crippen LogP contribution in [0.2, 0.25) is 5.02 Å². The third-order valence-corrected chi connectivity index (χ3v) is 1.11. The van der Waals surface area contributed by atoms with Crippen molar-refractivity contribution in [1.29, 1.82) is 0 Å². The van der Waals surface area contributed by atoms with Crippen molar-refractivity contribution in [2.75, 3.05) is 0 Å². The van der Waals surface area contributed by atoms with Crippen LogP contribution < -0.4 is 0 Å². The zero-order valence-corrected chi connectivity index (χ0v) is 5.13. The van der Waals surface area contributed by atoms with Crippen LogP contribution in [0.25, 0.3) is 0 Å². The number of H-pyrrole nitrogens is 1. The molecule has 4 nitrogen and oxygen atoms in total. The minimum Gasteiger partial charge on any atom is -0.411 e. The molecule has 0 aromatic carbocycles. The lowest BCUT2D eigenvalue weighted by molar-refractivity contribution is 0.321. The highest BCUT2D eigenvalue weighted by molar-refractivity contribution is 6.32. The Morgan fingerprint density at radius 2 is 2.67 bits per heavy atom.